The highest BCUT2D eigenvalue weighted by molar-refractivity contribution is 7.17. The van der Waals surface area contributed by atoms with Crippen molar-refractivity contribution in [1.29, 1.82) is 0 Å². The monoisotopic (exact) mass is 272 g/mol. The summed E-state index contributed by atoms with van der Waals surface area (Å²) in [6.07, 6.45) is 0. The van der Waals surface area contributed by atoms with E-state index in [1.165, 1.54) is 4.70 Å². The number of fused-ring (bicyclic) bond motifs is 1. The highest BCUT2D eigenvalue weighted by Gasteiger charge is 2.12. The summed E-state index contributed by atoms with van der Waals surface area (Å²) in [4.78, 5) is 11.8. The number of hydrogen-bond acceptors (Lipinski definition) is 4. The molecule has 0 N–H and O–H groups in total. The molecule has 3 rings (SSSR count). The Morgan fingerprint density at radius 2 is 2.11 bits per heavy atom. The summed E-state index contributed by atoms with van der Waals surface area (Å²) in [6.45, 7) is 2.06. The van der Waals surface area contributed by atoms with Gasteiger partial charge in [0.05, 0.1) is 0 Å². The molecule has 0 saturated heterocycles. The largest absolute Gasteiger partial charge is 0.455 e. The second kappa shape index (κ2) is 4.90. The van der Waals surface area contributed by atoms with Gasteiger partial charge in [-0.2, -0.15) is 0 Å². The van der Waals surface area contributed by atoms with Gasteiger partial charge in [0.25, 0.3) is 0 Å². The highest BCUT2D eigenvalue weighted by atomic mass is 32.1. The van der Waals surface area contributed by atoms with E-state index in [0.717, 1.165) is 10.9 Å². The van der Waals surface area contributed by atoms with Crippen LogP contribution in [0.4, 0.5) is 0 Å². The first-order valence-corrected chi connectivity index (χ1v) is 6.80. The molecule has 19 heavy (non-hydrogen) atoms. The Hall–Kier alpha value is -2.07. The minimum absolute atomic E-state index is 0.247. The lowest BCUT2D eigenvalue weighted by molar-refractivity contribution is 0.0436. The molecule has 1 aromatic carbocycles. The number of esters is 1. The number of furan rings is 1. The van der Waals surface area contributed by atoms with Gasteiger partial charge in [0.2, 0.25) is 5.76 Å². The van der Waals surface area contributed by atoms with E-state index in [0.29, 0.717) is 5.76 Å². The van der Waals surface area contributed by atoms with Gasteiger partial charge in [-0.15, -0.1) is 11.3 Å². The van der Waals surface area contributed by atoms with Gasteiger partial charge in [-0.25, -0.2) is 4.79 Å². The summed E-state index contributed by atoms with van der Waals surface area (Å²) >= 11 is 1.65. The number of benzene rings is 1. The lowest BCUT2D eigenvalue weighted by atomic mass is 10.2. The minimum Gasteiger partial charge on any atom is -0.455 e. The van der Waals surface area contributed by atoms with Crippen LogP contribution in [-0.2, 0) is 11.3 Å². The number of thiophene rings is 1. The van der Waals surface area contributed by atoms with Crippen LogP contribution in [0.1, 0.15) is 21.9 Å². The Labute approximate surface area is 114 Å². The molecule has 3 aromatic rings. The van der Waals surface area contributed by atoms with Crippen LogP contribution in [0.25, 0.3) is 10.1 Å². The zero-order chi connectivity index (χ0) is 13.2. The molecule has 4 heteroatoms. The zero-order valence-corrected chi connectivity index (χ0v) is 11.2. The SMILES string of the molecule is Cc1ccc(C(=O)OCc2csc3ccccc23)o1. The fourth-order valence-corrected chi connectivity index (χ4v) is 2.85. The lowest BCUT2D eigenvalue weighted by Crippen LogP contribution is -2.03. The molecule has 0 atom stereocenters. The molecule has 0 aliphatic carbocycles. The third-order valence-electron chi connectivity index (χ3n) is 2.86. The summed E-state index contributed by atoms with van der Waals surface area (Å²) in [7, 11) is 0. The minimum atomic E-state index is -0.427. The first-order chi connectivity index (χ1) is 9.24. The summed E-state index contributed by atoms with van der Waals surface area (Å²) in [5.74, 6) is 0.522. The van der Waals surface area contributed by atoms with E-state index >= 15 is 0 Å². The van der Waals surface area contributed by atoms with Crippen LogP contribution in [0, 0.1) is 6.92 Å². The van der Waals surface area contributed by atoms with E-state index in [9.17, 15) is 4.79 Å². The third-order valence-corrected chi connectivity index (χ3v) is 3.87. The molecule has 0 unspecified atom stereocenters. The van der Waals surface area contributed by atoms with Crippen LogP contribution in [0.2, 0.25) is 0 Å². The average molecular weight is 272 g/mol. The van der Waals surface area contributed by atoms with Gasteiger partial charge < -0.3 is 9.15 Å². The summed E-state index contributed by atoms with van der Waals surface area (Å²) in [6, 6.07) is 11.4. The number of ether oxygens (including phenoxy) is 1. The molecular formula is C15H12O3S. The van der Waals surface area contributed by atoms with E-state index in [-0.39, 0.29) is 12.4 Å². The van der Waals surface area contributed by atoms with Gasteiger partial charge in [-0.3, -0.25) is 0 Å². The maximum atomic E-state index is 11.8. The van der Waals surface area contributed by atoms with Crippen molar-refractivity contribution in [3.63, 3.8) is 0 Å². The van der Waals surface area contributed by atoms with Crippen molar-refractivity contribution >= 4 is 27.4 Å². The molecule has 2 heterocycles. The zero-order valence-electron chi connectivity index (χ0n) is 10.4. The quantitative estimate of drug-likeness (QED) is 0.672. The fourth-order valence-electron chi connectivity index (χ4n) is 1.90. The van der Waals surface area contributed by atoms with E-state index in [1.807, 2.05) is 23.6 Å². The smallest absolute Gasteiger partial charge is 0.374 e. The van der Waals surface area contributed by atoms with Crippen molar-refractivity contribution in [2.45, 2.75) is 13.5 Å². The van der Waals surface area contributed by atoms with Crippen LogP contribution in [-0.4, -0.2) is 5.97 Å². The van der Waals surface area contributed by atoms with E-state index < -0.39 is 5.97 Å². The first kappa shape index (κ1) is 12.0. The van der Waals surface area contributed by atoms with Crippen molar-refractivity contribution in [2.24, 2.45) is 0 Å². The molecule has 3 nitrogen and oxygen atoms in total. The normalized spacial score (nSPS) is 10.8. The van der Waals surface area contributed by atoms with Gasteiger partial charge >= 0.3 is 5.97 Å². The Kier molecular flexibility index (Phi) is 3.09. The van der Waals surface area contributed by atoms with Gasteiger partial charge in [0.15, 0.2) is 0 Å². The van der Waals surface area contributed by atoms with Gasteiger partial charge in [-0.1, -0.05) is 18.2 Å². The van der Waals surface area contributed by atoms with E-state index in [2.05, 4.69) is 6.07 Å². The Balaban J connectivity index is 1.74. The summed E-state index contributed by atoms with van der Waals surface area (Å²) < 4.78 is 11.7. The topological polar surface area (TPSA) is 39.4 Å². The lowest BCUT2D eigenvalue weighted by Gasteiger charge is -2.01. The van der Waals surface area contributed by atoms with Gasteiger partial charge in [0, 0.05) is 10.3 Å². The molecule has 0 saturated carbocycles. The Morgan fingerprint density at radius 1 is 1.26 bits per heavy atom. The van der Waals surface area contributed by atoms with Gasteiger partial charge in [-0.05, 0) is 35.9 Å². The van der Waals surface area contributed by atoms with Crippen molar-refractivity contribution in [3.05, 3.63) is 58.9 Å². The molecule has 0 amide bonds. The van der Waals surface area contributed by atoms with Crippen LogP contribution in [0.15, 0.2) is 46.2 Å². The van der Waals surface area contributed by atoms with Crippen LogP contribution in [0.5, 0.6) is 0 Å². The van der Waals surface area contributed by atoms with E-state index in [1.54, 1.807) is 30.4 Å². The Morgan fingerprint density at radius 3 is 2.89 bits per heavy atom. The summed E-state index contributed by atoms with van der Waals surface area (Å²) in [5.41, 5.74) is 1.03. The van der Waals surface area contributed by atoms with Crippen LogP contribution in [0.3, 0.4) is 0 Å². The standard InChI is InChI=1S/C15H12O3S/c1-10-6-7-13(18-10)15(16)17-8-11-9-19-14-5-3-2-4-12(11)14/h2-7,9H,8H2,1H3. The molecule has 0 radical (unpaired) electrons. The van der Waals surface area contributed by atoms with Crippen molar-refractivity contribution < 1.29 is 13.9 Å². The second-order valence-corrected chi connectivity index (χ2v) is 5.15. The van der Waals surface area contributed by atoms with Gasteiger partial charge in [0.1, 0.15) is 12.4 Å². The van der Waals surface area contributed by atoms with E-state index in [4.69, 9.17) is 9.15 Å². The van der Waals surface area contributed by atoms with Crippen LogP contribution < -0.4 is 0 Å². The molecule has 96 valence electrons. The fraction of sp³-hybridized carbons (Fsp3) is 0.133. The predicted octanol–water partition coefficient (Wildman–Crippen LogP) is 4.16. The molecular weight excluding hydrogens is 260 g/mol. The van der Waals surface area contributed by atoms with Crippen molar-refractivity contribution in [2.75, 3.05) is 0 Å². The van der Waals surface area contributed by atoms with Crippen molar-refractivity contribution in [1.82, 2.24) is 0 Å². The molecule has 0 spiro atoms. The molecule has 0 aliphatic rings. The average Bonchev–Trinajstić information content (AvgIpc) is 3.02. The summed E-state index contributed by atoms with van der Waals surface area (Å²) in [5, 5.41) is 3.15. The molecule has 0 fully saturated rings. The number of carbonyl (C=O) groups is 1. The number of carbonyl (C=O) groups excluding carboxylic acids is 1. The number of rotatable bonds is 3. The predicted molar refractivity (Wildman–Crippen MR) is 74.4 cm³/mol. The third kappa shape index (κ3) is 2.39. The first-order valence-electron chi connectivity index (χ1n) is 5.93. The second-order valence-electron chi connectivity index (χ2n) is 4.24. The maximum Gasteiger partial charge on any atom is 0.374 e. The Bertz CT molecular complexity index is 724. The highest BCUT2D eigenvalue weighted by Crippen LogP contribution is 2.26. The molecule has 0 bridgehead atoms. The number of hydrogen-bond donors (Lipinski definition) is 0. The van der Waals surface area contributed by atoms with Crippen LogP contribution >= 0.6 is 11.3 Å². The number of aryl methyl sites for hydroxylation is 1. The molecule has 2 aromatic heterocycles. The molecule has 0 aliphatic heterocycles. The maximum absolute atomic E-state index is 11.8. The van der Waals surface area contributed by atoms with Crippen molar-refractivity contribution in [3.8, 4) is 0 Å².